The van der Waals surface area contributed by atoms with E-state index in [0.29, 0.717) is 42.8 Å². The average molecular weight is 722 g/mol. The van der Waals surface area contributed by atoms with E-state index in [2.05, 4.69) is 23.7 Å². The van der Waals surface area contributed by atoms with Crippen LogP contribution in [-0.4, -0.2) is 152 Å². The third kappa shape index (κ3) is 7.18. The van der Waals surface area contributed by atoms with Gasteiger partial charge in [-0.1, -0.05) is 29.7 Å². The smallest absolute Gasteiger partial charge is 0.223 e. The highest BCUT2D eigenvalue weighted by molar-refractivity contribution is 5.84. The Morgan fingerprint density at radius 3 is 2.08 bits per heavy atom. The monoisotopic (exact) mass is 721 g/mol. The molecule has 0 saturated carbocycles. The molecule has 4 heterocycles. The number of methoxy groups -OCH3 is 1. The van der Waals surface area contributed by atoms with Crippen molar-refractivity contribution in [2.24, 2.45) is 5.73 Å². The zero-order chi connectivity index (χ0) is 37.3. The van der Waals surface area contributed by atoms with Gasteiger partial charge in [0, 0.05) is 61.3 Å². The molecule has 1 aromatic heterocycles. The van der Waals surface area contributed by atoms with Crippen molar-refractivity contribution >= 4 is 11.8 Å². The Bertz CT molecular complexity index is 1790. The van der Waals surface area contributed by atoms with E-state index in [1.807, 2.05) is 18.2 Å². The minimum Gasteiger partial charge on any atom is -0.394 e. The van der Waals surface area contributed by atoms with Gasteiger partial charge in [-0.05, 0) is 42.2 Å². The number of primary amides is 1. The van der Waals surface area contributed by atoms with Gasteiger partial charge < -0.3 is 60.6 Å². The highest BCUT2D eigenvalue weighted by atomic mass is 16.6. The topological polar surface area (TPSA) is 246 Å². The Morgan fingerprint density at radius 2 is 1.46 bits per heavy atom. The largest absolute Gasteiger partial charge is 0.394 e. The minimum absolute atomic E-state index is 0.00726. The molecule has 0 bridgehead atoms. The van der Waals surface area contributed by atoms with Gasteiger partial charge in [-0.3, -0.25) is 14.6 Å². The summed E-state index contributed by atoms with van der Waals surface area (Å²) >= 11 is 0. The lowest BCUT2D eigenvalue weighted by molar-refractivity contribution is -0.216. The molecule has 3 fully saturated rings. The molecule has 10 atom stereocenters. The summed E-state index contributed by atoms with van der Waals surface area (Å²) in [6, 6.07) is 7.53. The molecular weight excluding hydrogens is 678 g/mol. The maximum atomic E-state index is 12.9. The second-order valence-corrected chi connectivity index (χ2v) is 13.6. The number of pyridine rings is 1. The van der Waals surface area contributed by atoms with Gasteiger partial charge in [-0.2, -0.15) is 0 Å². The quantitative estimate of drug-likeness (QED) is 0.142. The maximum Gasteiger partial charge on any atom is 0.223 e. The molecule has 6 rings (SSSR count). The third-order valence-electron chi connectivity index (χ3n) is 10.4. The molecule has 2 aromatic rings. The first-order valence-electron chi connectivity index (χ1n) is 17.1. The van der Waals surface area contributed by atoms with Crippen LogP contribution in [0.4, 0.5) is 0 Å². The van der Waals surface area contributed by atoms with E-state index in [-0.39, 0.29) is 25.4 Å². The molecule has 15 heteroatoms. The van der Waals surface area contributed by atoms with E-state index in [0.717, 1.165) is 16.7 Å². The number of aliphatic hydroxyl groups excluding tert-OH is 7. The van der Waals surface area contributed by atoms with Crippen molar-refractivity contribution in [2.45, 2.75) is 92.1 Å². The summed E-state index contributed by atoms with van der Waals surface area (Å²) in [5.74, 6) is 11.0. The van der Waals surface area contributed by atoms with Crippen molar-refractivity contribution in [2.75, 3.05) is 33.4 Å². The fraction of sp³-hybridized carbons (Fsp3) is 0.541. The number of ether oxygens (including phenoxy) is 3. The fourth-order valence-corrected chi connectivity index (χ4v) is 7.45. The van der Waals surface area contributed by atoms with E-state index in [9.17, 15) is 45.3 Å². The van der Waals surface area contributed by atoms with E-state index < -0.39 is 79.0 Å². The van der Waals surface area contributed by atoms with Gasteiger partial charge in [0.1, 0.15) is 61.0 Å². The molecule has 4 aliphatic rings. The van der Waals surface area contributed by atoms with Crippen LogP contribution in [0.15, 0.2) is 30.5 Å². The number of carbonyl (C=O) groups excluding carboxylic acids is 2. The van der Waals surface area contributed by atoms with Gasteiger partial charge in [0.25, 0.3) is 0 Å². The van der Waals surface area contributed by atoms with Crippen molar-refractivity contribution in [1.82, 2.24) is 9.88 Å². The number of likely N-dealkylation sites (tertiary alicyclic amines) is 1. The van der Waals surface area contributed by atoms with Crippen molar-refractivity contribution in [3.05, 3.63) is 52.7 Å². The van der Waals surface area contributed by atoms with E-state index >= 15 is 0 Å². The summed E-state index contributed by atoms with van der Waals surface area (Å²) in [7, 11) is 1.43. The first kappa shape index (κ1) is 37.8. The molecular formula is C37H43N3O12. The number of aromatic nitrogens is 1. The number of hydrogen-bond donors (Lipinski definition) is 8. The third-order valence-corrected chi connectivity index (χ3v) is 10.4. The highest BCUT2D eigenvalue weighted by Crippen LogP contribution is 2.53. The van der Waals surface area contributed by atoms with Gasteiger partial charge in [-0.25, -0.2) is 0 Å². The van der Waals surface area contributed by atoms with E-state index in [1.165, 1.54) is 7.11 Å². The normalized spacial score (nSPS) is 31.8. The number of nitrogens with two attached hydrogens (primary N) is 1. The molecule has 0 radical (unpaired) electrons. The zero-order valence-corrected chi connectivity index (χ0v) is 28.5. The zero-order valence-electron chi connectivity index (χ0n) is 28.5. The van der Waals surface area contributed by atoms with Crippen LogP contribution in [0.2, 0.25) is 0 Å². The Morgan fingerprint density at radius 1 is 0.865 bits per heavy atom. The van der Waals surface area contributed by atoms with Crippen LogP contribution in [-0.2, 0) is 29.2 Å². The van der Waals surface area contributed by atoms with Crippen LogP contribution in [0.25, 0.3) is 11.3 Å². The summed E-state index contributed by atoms with van der Waals surface area (Å²) in [4.78, 5) is 30.8. The first-order valence-corrected chi connectivity index (χ1v) is 17.1. The molecule has 3 saturated heterocycles. The van der Waals surface area contributed by atoms with Crippen molar-refractivity contribution in [3.63, 3.8) is 0 Å². The lowest BCUT2D eigenvalue weighted by atomic mass is 9.70. The van der Waals surface area contributed by atoms with Crippen LogP contribution in [0.1, 0.15) is 47.9 Å². The van der Waals surface area contributed by atoms with Crippen LogP contribution >= 0.6 is 0 Å². The number of hydrogen-bond acceptors (Lipinski definition) is 13. The molecule has 278 valence electrons. The number of fused-ring (bicyclic) bond motifs is 5. The van der Waals surface area contributed by atoms with Crippen LogP contribution in [0.5, 0.6) is 0 Å². The number of amides is 2. The first-order chi connectivity index (χ1) is 24.9. The number of rotatable bonds is 6. The second kappa shape index (κ2) is 15.6. The van der Waals surface area contributed by atoms with Gasteiger partial charge in [0.15, 0.2) is 0 Å². The molecule has 0 unspecified atom stereocenters. The summed E-state index contributed by atoms with van der Waals surface area (Å²) in [5.41, 5.74) is 9.08. The summed E-state index contributed by atoms with van der Waals surface area (Å²) < 4.78 is 16.4. The summed E-state index contributed by atoms with van der Waals surface area (Å²) in [5, 5.41) is 71.7. The minimum atomic E-state index is -1.56. The van der Waals surface area contributed by atoms with E-state index in [1.54, 1.807) is 17.2 Å². The number of aliphatic hydroxyl groups is 7. The van der Waals surface area contributed by atoms with Crippen molar-refractivity contribution < 1.29 is 59.5 Å². The molecule has 52 heavy (non-hydrogen) atoms. The Labute approximate surface area is 299 Å². The highest BCUT2D eigenvalue weighted by Gasteiger charge is 2.47. The van der Waals surface area contributed by atoms with Gasteiger partial charge in [0.05, 0.1) is 18.9 Å². The SMILES string of the molecule is COC[C@H]1O[C@H](C#Cc2ccc3c(c2)C2(CCN(C(=O)CCC(N)=O)CC2)c2cc(C#C[C@H]4O[C@H](CO)[C@@H](O)[C@H](O)[C@@H]4O)cnc2-3)[C@@H](O)[C@@H](O)[C@@H]1O. The number of nitrogens with zero attached hydrogens (tertiary/aromatic N) is 2. The molecule has 1 aliphatic carbocycles. The van der Waals surface area contributed by atoms with Crippen LogP contribution in [0.3, 0.4) is 0 Å². The van der Waals surface area contributed by atoms with Gasteiger partial charge >= 0.3 is 0 Å². The Kier molecular flexibility index (Phi) is 11.3. The Hall–Kier alpha value is -3.97. The molecule has 2 amide bonds. The van der Waals surface area contributed by atoms with Crippen LogP contribution in [0, 0.1) is 23.7 Å². The predicted molar refractivity (Wildman–Crippen MR) is 181 cm³/mol. The molecule has 9 N–H and O–H groups in total. The molecule has 1 spiro atoms. The number of benzene rings is 1. The molecule has 3 aliphatic heterocycles. The van der Waals surface area contributed by atoms with Crippen molar-refractivity contribution in [3.8, 4) is 34.9 Å². The number of carbonyl (C=O) groups is 2. The molecule has 15 nitrogen and oxygen atoms in total. The molecule has 1 aromatic carbocycles. The second-order valence-electron chi connectivity index (χ2n) is 13.6. The summed E-state index contributed by atoms with van der Waals surface area (Å²) in [6.07, 6.45) is -10.6. The lowest BCUT2D eigenvalue weighted by Crippen LogP contribution is -2.58. The van der Waals surface area contributed by atoms with Gasteiger partial charge in [0.2, 0.25) is 11.8 Å². The van der Waals surface area contributed by atoms with E-state index in [4.69, 9.17) is 24.9 Å². The average Bonchev–Trinajstić information content (AvgIpc) is 3.40. The maximum absolute atomic E-state index is 12.9. The van der Waals surface area contributed by atoms with Gasteiger partial charge in [-0.15, -0.1) is 0 Å². The summed E-state index contributed by atoms with van der Waals surface area (Å²) in [6.45, 7) is 0.186. The fourth-order valence-electron chi connectivity index (χ4n) is 7.45. The lowest BCUT2D eigenvalue weighted by Gasteiger charge is -2.41. The van der Waals surface area contributed by atoms with Crippen molar-refractivity contribution in [1.29, 1.82) is 0 Å². The Balaban J connectivity index is 1.33. The number of piperidine rings is 1. The standard InChI is InChI=1S/C37H43N3O12/c1-50-18-27-34(47)36(49)32(45)25(52-27)6-3-19-2-5-21-22(14-19)37(10-12-40(13-11-37)29(43)9-8-28(38)42)23-15-20(16-39-30(21)23)4-7-24-31(44)35(48)33(46)26(17-41)51-24/h2,5,14-16,24-27,31-36,41,44-49H,8-13,17-18H2,1H3,(H2,38,42)/t24-,25-,26-,27-,31-,32-,33-,34-,35-,36-/m1/s1. The predicted octanol–water partition coefficient (Wildman–Crippen LogP) is -2.72. The van der Waals surface area contributed by atoms with Crippen LogP contribution < -0.4 is 5.73 Å².